The summed E-state index contributed by atoms with van der Waals surface area (Å²) in [5.41, 5.74) is 0.812. The van der Waals surface area contributed by atoms with Crippen molar-refractivity contribution in [1.82, 2.24) is 0 Å². The Bertz CT molecular complexity index is 1080. The van der Waals surface area contributed by atoms with E-state index in [-0.39, 0.29) is 27.9 Å². The number of nitrogens with zero attached hydrogens (tertiary/aromatic N) is 2. The van der Waals surface area contributed by atoms with E-state index in [4.69, 9.17) is 25.8 Å². The lowest BCUT2D eigenvalue weighted by atomic mass is 10.1. The molecular weight excluding hydrogens is 412 g/mol. The van der Waals surface area contributed by atoms with Crippen molar-refractivity contribution < 1.29 is 23.9 Å². The highest BCUT2D eigenvalue weighted by Gasteiger charge is 2.26. The number of aliphatic imine (C=N–C) groups is 1. The Hall–Kier alpha value is -3.65. The molecule has 9 heteroatoms. The lowest BCUT2D eigenvalue weighted by Crippen LogP contribution is -2.06. The molecule has 0 aliphatic carbocycles. The molecule has 0 saturated carbocycles. The number of carbonyl (C=O) groups excluding carboxylic acids is 1. The molecule has 30 heavy (non-hydrogen) atoms. The van der Waals surface area contributed by atoms with Crippen molar-refractivity contribution in [3.05, 3.63) is 81.0 Å². The topological polar surface area (TPSA) is 100 Å². The van der Waals surface area contributed by atoms with Gasteiger partial charge in [0.05, 0.1) is 22.1 Å². The molecule has 0 spiro atoms. The number of cyclic esters (lactones) is 1. The third-order valence-corrected chi connectivity index (χ3v) is 4.25. The summed E-state index contributed by atoms with van der Waals surface area (Å²) in [6.45, 7) is 6.23. The maximum atomic E-state index is 12.2. The summed E-state index contributed by atoms with van der Waals surface area (Å²) >= 11 is 6.09. The second-order valence-corrected chi connectivity index (χ2v) is 6.40. The van der Waals surface area contributed by atoms with Gasteiger partial charge in [0.15, 0.2) is 17.2 Å². The maximum absolute atomic E-state index is 12.2. The number of carbonyl (C=O) groups is 1. The molecule has 0 N–H and O–H groups in total. The number of hydrogen-bond acceptors (Lipinski definition) is 7. The third-order valence-electron chi connectivity index (χ3n) is 3.94. The van der Waals surface area contributed by atoms with Crippen LogP contribution in [0.2, 0.25) is 5.02 Å². The van der Waals surface area contributed by atoms with E-state index in [1.165, 1.54) is 24.3 Å². The van der Waals surface area contributed by atoms with Gasteiger partial charge in [0.25, 0.3) is 5.69 Å². The largest absolute Gasteiger partial charge is 0.490 e. The van der Waals surface area contributed by atoms with E-state index in [2.05, 4.69) is 11.6 Å². The van der Waals surface area contributed by atoms with Gasteiger partial charge in [-0.15, -0.1) is 0 Å². The van der Waals surface area contributed by atoms with Crippen molar-refractivity contribution in [1.29, 1.82) is 0 Å². The summed E-state index contributed by atoms with van der Waals surface area (Å²) < 4.78 is 16.3. The normalized spacial score (nSPS) is 14.3. The highest BCUT2D eigenvalue weighted by Crippen LogP contribution is 2.31. The molecule has 2 aromatic rings. The van der Waals surface area contributed by atoms with Crippen molar-refractivity contribution in [2.45, 2.75) is 6.92 Å². The van der Waals surface area contributed by atoms with Crippen LogP contribution in [0.5, 0.6) is 11.5 Å². The Balaban J connectivity index is 1.91. The molecule has 0 radical (unpaired) electrons. The van der Waals surface area contributed by atoms with Gasteiger partial charge < -0.3 is 14.2 Å². The van der Waals surface area contributed by atoms with E-state index in [0.29, 0.717) is 30.3 Å². The minimum atomic E-state index is -0.663. The maximum Gasteiger partial charge on any atom is 0.363 e. The summed E-state index contributed by atoms with van der Waals surface area (Å²) in [6, 6.07) is 9.00. The van der Waals surface area contributed by atoms with Crippen LogP contribution in [0.3, 0.4) is 0 Å². The number of esters is 1. The molecule has 8 nitrogen and oxygen atoms in total. The smallest absolute Gasteiger partial charge is 0.363 e. The Morgan fingerprint density at radius 2 is 2.03 bits per heavy atom. The number of halogens is 1. The second-order valence-electron chi connectivity index (χ2n) is 6.00. The lowest BCUT2D eigenvalue weighted by Gasteiger charge is -2.11. The number of rotatable bonds is 8. The molecule has 3 rings (SSSR count). The van der Waals surface area contributed by atoms with Gasteiger partial charge in [-0.25, -0.2) is 9.79 Å². The van der Waals surface area contributed by atoms with Gasteiger partial charge in [0.2, 0.25) is 5.90 Å². The van der Waals surface area contributed by atoms with Crippen molar-refractivity contribution in [3.63, 3.8) is 0 Å². The predicted molar refractivity (Wildman–Crippen MR) is 112 cm³/mol. The monoisotopic (exact) mass is 428 g/mol. The molecule has 0 unspecified atom stereocenters. The first kappa shape index (κ1) is 21.1. The van der Waals surface area contributed by atoms with E-state index >= 15 is 0 Å². The minimum Gasteiger partial charge on any atom is -0.490 e. The minimum absolute atomic E-state index is 0.0258. The van der Waals surface area contributed by atoms with Crippen LogP contribution >= 0.6 is 11.6 Å². The van der Waals surface area contributed by atoms with E-state index in [1.54, 1.807) is 24.3 Å². The quantitative estimate of drug-likeness (QED) is 0.201. The first-order valence-corrected chi connectivity index (χ1v) is 9.28. The Kier molecular flexibility index (Phi) is 6.48. The zero-order chi connectivity index (χ0) is 21.7. The second kappa shape index (κ2) is 9.23. The molecule has 0 aromatic heterocycles. The first-order chi connectivity index (χ1) is 14.4. The molecule has 0 bridgehead atoms. The van der Waals surface area contributed by atoms with Gasteiger partial charge >= 0.3 is 5.97 Å². The average Bonchev–Trinajstić information content (AvgIpc) is 3.07. The van der Waals surface area contributed by atoms with Gasteiger partial charge in [-0.3, -0.25) is 10.1 Å². The van der Waals surface area contributed by atoms with Gasteiger partial charge in [0.1, 0.15) is 6.61 Å². The molecule has 2 aromatic carbocycles. The van der Waals surface area contributed by atoms with Gasteiger partial charge in [-0.05, 0) is 36.8 Å². The Morgan fingerprint density at radius 1 is 1.23 bits per heavy atom. The summed E-state index contributed by atoms with van der Waals surface area (Å²) in [5, 5.41) is 10.9. The van der Waals surface area contributed by atoms with E-state index in [1.807, 2.05) is 6.92 Å². The van der Waals surface area contributed by atoms with E-state index < -0.39 is 10.9 Å². The predicted octanol–water partition coefficient (Wildman–Crippen LogP) is 4.56. The number of hydrogen-bond donors (Lipinski definition) is 0. The van der Waals surface area contributed by atoms with Crippen molar-refractivity contribution >= 4 is 35.2 Å². The SMILES string of the molecule is C=CCOc1ccc(C=C2N=C(c3ccc([N+](=O)[O-])cc3Cl)OC2=O)cc1OCC. The molecule has 0 atom stereocenters. The summed E-state index contributed by atoms with van der Waals surface area (Å²) in [5.74, 6) is 0.379. The van der Waals surface area contributed by atoms with Crippen molar-refractivity contribution in [2.24, 2.45) is 4.99 Å². The van der Waals surface area contributed by atoms with Crippen LogP contribution in [0, 0.1) is 10.1 Å². The molecule has 0 fully saturated rings. The lowest BCUT2D eigenvalue weighted by molar-refractivity contribution is -0.384. The zero-order valence-corrected chi connectivity index (χ0v) is 16.7. The average molecular weight is 429 g/mol. The van der Waals surface area contributed by atoms with Crippen LogP contribution in [-0.2, 0) is 9.53 Å². The van der Waals surface area contributed by atoms with Gasteiger partial charge in [0, 0.05) is 12.1 Å². The van der Waals surface area contributed by atoms with Crippen LogP contribution in [0.1, 0.15) is 18.1 Å². The molecule has 1 aliphatic heterocycles. The number of nitro benzene ring substituents is 1. The van der Waals surface area contributed by atoms with Gasteiger partial charge in [-0.2, -0.15) is 0 Å². The highest BCUT2D eigenvalue weighted by atomic mass is 35.5. The fourth-order valence-corrected chi connectivity index (χ4v) is 2.88. The summed E-state index contributed by atoms with van der Waals surface area (Å²) in [6.07, 6.45) is 3.16. The molecule has 0 saturated heterocycles. The molecular formula is C21H17ClN2O6. The fourth-order valence-electron chi connectivity index (χ4n) is 2.62. The Morgan fingerprint density at radius 3 is 2.70 bits per heavy atom. The summed E-state index contributed by atoms with van der Waals surface area (Å²) in [4.78, 5) is 26.7. The summed E-state index contributed by atoms with van der Waals surface area (Å²) in [7, 11) is 0. The van der Waals surface area contributed by atoms with Crippen LogP contribution < -0.4 is 9.47 Å². The van der Waals surface area contributed by atoms with E-state index in [0.717, 1.165) is 0 Å². The molecule has 1 aliphatic rings. The number of benzene rings is 2. The third kappa shape index (κ3) is 4.66. The van der Waals surface area contributed by atoms with Crippen LogP contribution in [-0.4, -0.2) is 30.0 Å². The van der Waals surface area contributed by atoms with E-state index in [9.17, 15) is 14.9 Å². The van der Waals surface area contributed by atoms with Gasteiger partial charge in [-0.1, -0.05) is 30.3 Å². The van der Waals surface area contributed by atoms with Crippen molar-refractivity contribution in [3.8, 4) is 11.5 Å². The fraction of sp³-hybridized carbons (Fsp3) is 0.143. The molecule has 0 amide bonds. The van der Waals surface area contributed by atoms with Crippen molar-refractivity contribution in [2.75, 3.05) is 13.2 Å². The van der Waals surface area contributed by atoms with Crippen LogP contribution in [0.4, 0.5) is 5.69 Å². The first-order valence-electron chi connectivity index (χ1n) is 8.90. The van der Waals surface area contributed by atoms with Crippen LogP contribution in [0.15, 0.2) is 59.7 Å². The highest BCUT2D eigenvalue weighted by molar-refractivity contribution is 6.34. The zero-order valence-electron chi connectivity index (χ0n) is 16.0. The number of non-ortho nitro benzene ring substituents is 1. The molecule has 154 valence electrons. The molecule has 1 heterocycles. The number of nitro groups is 1. The standard InChI is InChI=1S/C21H17ClN2O6/c1-3-9-29-18-8-5-13(11-19(18)28-4-2)10-17-21(25)30-20(23-17)15-7-6-14(24(26)27)12-16(15)22/h3,5-8,10-12H,1,4,9H2,2H3. The van der Waals surface area contributed by atoms with Crippen LogP contribution in [0.25, 0.3) is 6.08 Å². The Labute approximate surface area is 177 Å². The number of ether oxygens (including phenoxy) is 3.